The van der Waals surface area contributed by atoms with Crippen molar-refractivity contribution in [3.8, 4) is 0 Å². The normalized spacial score (nSPS) is 19.9. The lowest BCUT2D eigenvalue weighted by molar-refractivity contribution is -0.137. The van der Waals surface area contributed by atoms with E-state index in [2.05, 4.69) is 6.58 Å². The SMILES string of the molecule is C=CC1CC(=O)N(c2ccc(F)cc2C(F)(F)F)C1. The van der Waals surface area contributed by atoms with Gasteiger partial charge in [0.2, 0.25) is 5.91 Å². The number of amides is 1. The Morgan fingerprint density at radius 3 is 2.58 bits per heavy atom. The third kappa shape index (κ3) is 2.62. The highest BCUT2D eigenvalue weighted by molar-refractivity contribution is 5.96. The second-order valence-corrected chi connectivity index (χ2v) is 4.36. The molecule has 102 valence electrons. The molecule has 6 heteroatoms. The highest BCUT2D eigenvalue weighted by Gasteiger charge is 2.38. The number of carbonyl (C=O) groups excluding carboxylic acids is 1. The fourth-order valence-corrected chi connectivity index (χ4v) is 2.10. The predicted octanol–water partition coefficient (Wildman–Crippen LogP) is 3.38. The molecule has 1 aromatic carbocycles. The lowest BCUT2D eigenvalue weighted by Gasteiger charge is -2.21. The lowest BCUT2D eigenvalue weighted by atomic mass is 10.1. The van der Waals surface area contributed by atoms with Crippen molar-refractivity contribution in [2.75, 3.05) is 11.4 Å². The van der Waals surface area contributed by atoms with Crippen molar-refractivity contribution in [1.82, 2.24) is 0 Å². The first-order chi connectivity index (χ1) is 8.82. The van der Waals surface area contributed by atoms with Gasteiger partial charge < -0.3 is 4.90 Å². The molecular weight excluding hydrogens is 262 g/mol. The van der Waals surface area contributed by atoms with E-state index in [-0.39, 0.29) is 24.6 Å². The maximum absolute atomic E-state index is 13.0. The van der Waals surface area contributed by atoms with Crippen LogP contribution in [0, 0.1) is 11.7 Å². The van der Waals surface area contributed by atoms with Gasteiger partial charge >= 0.3 is 6.18 Å². The van der Waals surface area contributed by atoms with Gasteiger partial charge in [-0.1, -0.05) is 6.08 Å². The van der Waals surface area contributed by atoms with Crippen LogP contribution in [0.3, 0.4) is 0 Å². The summed E-state index contributed by atoms with van der Waals surface area (Å²) >= 11 is 0. The van der Waals surface area contributed by atoms with Gasteiger partial charge in [-0.3, -0.25) is 4.79 Å². The van der Waals surface area contributed by atoms with E-state index >= 15 is 0 Å². The smallest absolute Gasteiger partial charge is 0.311 e. The van der Waals surface area contributed by atoms with E-state index in [1.165, 1.54) is 6.08 Å². The molecule has 1 atom stereocenters. The van der Waals surface area contributed by atoms with E-state index in [4.69, 9.17) is 0 Å². The number of nitrogens with zero attached hydrogens (tertiary/aromatic N) is 1. The summed E-state index contributed by atoms with van der Waals surface area (Å²) in [7, 11) is 0. The van der Waals surface area contributed by atoms with E-state index in [0.717, 1.165) is 17.0 Å². The quantitative estimate of drug-likeness (QED) is 0.597. The van der Waals surface area contributed by atoms with Gasteiger partial charge in [0.25, 0.3) is 0 Å². The molecule has 1 unspecified atom stereocenters. The zero-order valence-electron chi connectivity index (χ0n) is 9.88. The summed E-state index contributed by atoms with van der Waals surface area (Å²) in [4.78, 5) is 12.8. The Hall–Kier alpha value is -1.85. The fourth-order valence-electron chi connectivity index (χ4n) is 2.10. The van der Waals surface area contributed by atoms with Crippen molar-refractivity contribution in [3.05, 3.63) is 42.2 Å². The molecule has 1 heterocycles. The first-order valence-corrected chi connectivity index (χ1v) is 5.62. The minimum atomic E-state index is -4.70. The van der Waals surface area contributed by atoms with Gasteiger partial charge in [0.1, 0.15) is 5.82 Å². The number of hydrogen-bond acceptors (Lipinski definition) is 1. The first kappa shape index (κ1) is 13.6. The Balaban J connectivity index is 2.45. The van der Waals surface area contributed by atoms with Crippen LogP contribution in [0.25, 0.3) is 0 Å². The number of anilines is 1. The van der Waals surface area contributed by atoms with Crippen molar-refractivity contribution in [3.63, 3.8) is 0 Å². The monoisotopic (exact) mass is 273 g/mol. The summed E-state index contributed by atoms with van der Waals surface area (Å²) in [5, 5.41) is 0. The second-order valence-electron chi connectivity index (χ2n) is 4.36. The van der Waals surface area contributed by atoms with Crippen molar-refractivity contribution >= 4 is 11.6 Å². The number of hydrogen-bond donors (Lipinski definition) is 0. The van der Waals surface area contributed by atoms with Crippen molar-refractivity contribution in [2.24, 2.45) is 5.92 Å². The van der Waals surface area contributed by atoms with Gasteiger partial charge in [0.05, 0.1) is 11.3 Å². The highest BCUT2D eigenvalue weighted by atomic mass is 19.4. The molecule has 0 radical (unpaired) electrons. The standard InChI is InChI=1S/C13H11F4NO/c1-2-8-5-12(19)18(7-8)11-4-3-9(14)6-10(11)13(15,16)17/h2-4,6,8H,1,5,7H2. The molecule has 1 aliphatic rings. The van der Waals surface area contributed by atoms with Crippen LogP contribution in [0.4, 0.5) is 23.2 Å². The number of carbonyl (C=O) groups is 1. The molecule has 2 rings (SSSR count). The number of halogens is 4. The molecule has 2 nitrogen and oxygen atoms in total. The van der Waals surface area contributed by atoms with Crippen LogP contribution in [-0.2, 0) is 11.0 Å². The second kappa shape index (κ2) is 4.68. The molecule has 0 N–H and O–H groups in total. The third-order valence-electron chi connectivity index (χ3n) is 3.04. The van der Waals surface area contributed by atoms with Gasteiger partial charge in [0, 0.05) is 18.9 Å². The van der Waals surface area contributed by atoms with Crippen LogP contribution < -0.4 is 4.90 Å². The maximum atomic E-state index is 13.0. The van der Waals surface area contributed by atoms with E-state index in [1.807, 2.05) is 0 Å². The summed E-state index contributed by atoms with van der Waals surface area (Å²) in [5.74, 6) is -1.58. The van der Waals surface area contributed by atoms with E-state index < -0.39 is 23.5 Å². The van der Waals surface area contributed by atoms with E-state index in [0.29, 0.717) is 6.07 Å². The first-order valence-electron chi connectivity index (χ1n) is 5.62. The largest absolute Gasteiger partial charge is 0.418 e. The average Bonchev–Trinajstić information content (AvgIpc) is 2.69. The maximum Gasteiger partial charge on any atom is 0.418 e. The fraction of sp³-hybridized carbons (Fsp3) is 0.308. The minimum Gasteiger partial charge on any atom is -0.311 e. The zero-order valence-corrected chi connectivity index (χ0v) is 9.88. The third-order valence-corrected chi connectivity index (χ3v) is 3.04. The number of alkyl halides is 3. The molecule has 1 aliphatic heterocycles. The molecule has 0 saturated carbocycles. The Morgan fingerprint density at radius 1 is 1.37 bits per heavy atom. The van der Waals surface area contributed by atoms with Crippen LogP contribution in [-0.4, -0.2) is 12.5 Å². The lowest BCUT2D eigenvalue weighted by Crippen LogP contribution is -2.27. The van der Waals surface area contributed by atoms with Gasteiger partial charge in [0.15, 0.2) is 0 Å². The minimum absolute atomic E-state index is 0.123. The Labute approximate surface area is 107 Å². The van der Waals surface area contributed by atoms with Crippen molar-refractivity contribution in [1.29, 1.82) is 0 Å². The van der Waals surface area contributed by atoms with E-state index in [1.54, 1.807) is 0 Å². The van der Waals surface area contributed by atoms with Gasteiger partial charge in [-0.15, -0.1) is 6.58 Å². The van der Waals surface area contributed by atoms with Gasteiger partial charge in [-0.25, -0.2) is 4.39 Å². The molecule has 0 bridgehead atoms. The summed E-state index contributed by atoms with van der Waals surface area (Å²) in [5.41, 5.74) is -1.44. The topological polar surface area (TPSA) is 20.3 Å². The molecule has 1 aromatic rings. The van der Waals surface area contributed by atoms with Crippen molar-refractivity contribution < 1.29 is 22.4 Å². The van der Waals surface area contributed by atoms with Gasteiger partial charge in [-0.2, -0.15) is 13.2 Å². The van der Waals surface area contributed by atoms with Crippen LogP contribution in [0.5, 0.6) is 0 Å². The summed E-state index contributed by atoms with van der Waals surface area (Å²) in [6.07, 6.45) is -3.04. The molecule has 1 fully saturated rings. The Bertz CT molecular complexity index is 524. The summed E-state index contributed by atoms with van der Waals surface area (Å²) < 4.78 is 51.6. The molecular formula is C13H11F4NO. The summed E-state index contributed by atoms with van der Waals surface area (Å²) in [6, 6.07) is 2.31. The molecule has 1 amide bonds. The molecule has 0 aromatic heterocycles. The van der Waals surface area contributed by atoms with Crippen LogP contribution in [0.15, 0.2) is 30.9 Å². The zero-order chi connectivity index (χ0) is 14.2. The Morgan fingerprint density at radius 2 is 2.05 bits per heavy atom. The molecule has 0 spiro atoms. The van der Waals surface area contributed by atoms with Crippen LogP contribution >= 0.6 is 0 Å². The summed E-state index contributed by atoms with van der Waals surface area (Å²) in [6.45, 7) is 3.67. The van der Waals surface area contributed by atoms with E-state index in [9.17, 15) is 22.4 Å². The molecule has 0 aliphatic carbocycles. The predicted molar refractivity (Wildman–Crippen MR) is 62.1 cm³/mol. The van der Waals surface area contributed by atoms with Crippen molar-refractivity contribution in [2.45, 2.75) is 12.6 Å². The van der Waals surface area contributed by atoms with Gasteiger partial charge in [-0.05, 0) is 18.2 Å². The molecule has 1 saturated heterocycles. The van der Waals surface area contributed by atoms with Crippen LogP contribution in [0.2, 0.25) is 0 Å². The number of rotatable bonds is 2. The number of benzene rings is 1. The van der Waals surface area contributed by atoms with Crippen LogP contribution in [0.1, 0.15) is 12.0 Å². The Kier molecular flexibility index (Phi) is 3.34. The molecule has 19 heavy (non-hydrogen) atoms. The average molecular weight is 273 g/mol. The highest BCUT2D eigenvalue weighted by Crippen LogP contribution is 2.39.